The zero-order valence-electron chi connectivity index (χ0n) is 7.06. The average molecular weight is 149 g/mol. The first kappa shape index (κ1) is 7.18. The number of fused-ring (bicyclic) bond motifs is 1. The maximum Gasteiger partial charge on any atom is 0.0578 e. The van der Waals surface area contributed by atoms with Crippen molar-refractivity contribution in [3.8, 4) is 11.8 Å². The molecule has 3 atom stereocenters. The zero-order chi connectivity index (χ0) is 7.68. The molecular formula is C10H15N. The first-order valence-corrected chi connectivity index (χ1v) is 4.55. The van der Waals surface area contributed by atoms with Gasteiger partial charge in [-0.2, -0.15) is 0 Å². The summed E-state index contributed by atoms with van der Waals surface area (Å²) in [6, 6.07) is 0.806. The van der Waals surface area contributed by atoms with Crippen molar-refractivity contribution in [3.05, 3.63) is 0 Å². The van der Waals surface area contributed by atoms with E-state index in [1.807, 2.05) is 6.92 Å². The lowest BCUT2D eigenvalue weighted by molar-refractivity contribution is 0.503. The molecule has 0 heterocycles. The van der Waals surface area contributed by atoms with Gasteiger partial charge in [0.15, 0.2) is 0 Å². The Hall–Kier alpha value is -0.480. The third-order valence-electron chi connectivity index (χ3n) is 2.97. The third-order valence-corrected chi connectivity index (χ3v) is 2.97. The molecule has 2 rings (SSSR count). The van der Waals surface area contributed by atoms with E-state index >= 15 is 0 Å². The second-order valence-corrected chi connectivity index (χ2v) is 3.65. The van der Waals surface area contributed by atoms with E-state index in [1.54, 1.807) is 0 Å². The molecule has 11 heavy (non-hydrogen) atoms. The Morgan fingerprint density at radius 2 is 2.36 bits per heavy atom. The normalized spacial score (nSPS) is 39.2. The van der Waals surface area contributed by atoms with Gasteiger partial charge in [-0.25, -0.2) is 0 Å². The average Bonchev–Trinajstić information content (AvgIpc) is 2.70. The number of nitrogens with one attached hydrogen (secondary N) is 1. The highest BCUT2D eigenvalue weighted by Crippen LogP contribution is 2.51. The molecule has 0 spiro atoms. The fourth-order valence-corrected chi connectivity index (χ4v) is 2.23. The summed E-state index contributed by atoms with van der Waals surface area (Å²) in [5.41, 5.74) is 0. The summed E-state index contributed by atoms with van der Waals surface area (Å²) in [5, 5.41) is 3.50. The largest absolute Gasteiger partial charge is 0.303 e. The van der Waals surface area contributed by atoms with Gasteiger partial charge < -0.3 is 5.32 Å². The molecule has 1 heteroatoms. The van der Waals surface area contributed by atoms with Gasteiger partial charge in [0.2, 0.25) is 0 Å². The molecule has 0 aromatic carbocycles. The zero-order valence-corrected chi connectivity index (χ0v) is 7.06. The van der Waals surface area contributed by atoms with E-state index in [-0.39, 0.29) is 0 Å². The van der Waals surface area contributed by atoms with E-state index in [0.717, 1.165) is 24.4 Å². The summed E-state index contributed by atoms with van der Waals surface area (Å²) in [5.74, 6) is 8.07. The van der Waals surface area contributed by atoms with Crippen LogP contribution < -0.4 is 5.32 Å². The molecule has 2 aliphatic rings. The monoisotopic (exact) mass is 149 g/mol. The summed E-state index contributed by atoms with van der Waals surface area (Å²) < 4.78 is 0. The molecule has 0 aromatic rings. The highest BCUT2D eigenvalue weighted by molar-refractivity contribution is 5.04. The lowest BCUT2D eigenvalue weighted by Crippen LogP contribution is -2.29. The minimum atomic E-state index is 0.806. The first-order chi connectivity index (χ1) is 5.42. The first-order valence-electron chi connectivity index (χ1n) is 4.55. The molecule has 0 aliphatic heterocycles. The highest BCUT2D eigenvalue weighted by Gasteiger charge is 2.47. The summed E-state index contributed by atoms with van der Waals surface area (Å²) in [6.07, 6.45) is 4.33. The van der Waals surface area contributed by atoms with E-state index in [4.69, 9.17) is 0 Å². The molecule has 0 bridgehead atoms. The van der Waals surface area contributed by atoms with Gasteiger partial charge in [0.1, 0.15) is 0 Å². The molecule has 0 saturated heterocycles. The summed E-state index contributed by atoms with van der Waals surface area (Å²) in [7, 11) is 0. The molecule has 2 fully saturated rings. The van der Waals surface area contributed by atoms with Gasteiger partial charge in [-0.1, -0.05) is 5.92 Å². The van der Waals surface area contributed by atoms with Gasteiger partial charge in [0.05, 0.1) is 6.54 Å². The van der Waals surface area contributed by atoms with Crippen LogP contribution in [0.3, 0.4) is 0 Å². The SMILES string of the molecule is CC#CCNC1CC[C@@H]2C[C@H]12. The quantitative estimate of drug-likeness (QED) is 0.585. The highest BCUT2D eigenvalue weighted by atomic mass is 14.9. The summed E-state index contributed by atoms with van der Waals surface area (Å²) in [4.78, 5) is 0. The predicted molar refractivity (Wildman–Crippen MR) is 46.1 cm³/mol. The molecule has 1 unspecified atom stereocenters. The molecular weight excluding hydrogens is 134 g/mol. The van der Waals surface area contributed by atoms with Crippen LogP contribution in [0.4, 0.5) is 0 Å². The van der Waals surface area contributed by atoms with Crippen molar-refractivity contribution >= 4 is 0 Å². The maximum atomic E-state index is 3.50. The minimum absolute atomic E-state index is 0.806. The van der Waals surface area contributed by atoms with Crippen LogP contribution in [0.5, 0.6) is 0 Å². The number of rotatable bonds is 2. The lowest BCUT2D eigenvalue weighted by Gasteiger charge is -2.10. The van der Waals surface area contributed by atoms with Gasteiger partial charge >= 0.3 is 0 Å². The van der Waals surface area contributed by atoms with Gasteiger partial charge in [-0.3, -0.25) is 0 Å². The van der Waals surface area contributed by atoms with Crippen LogP contribution in [0, 0.1) is 23.7 Å². The van der Waals surface area contributed by atoms with E-state index in [1.165, 1.54) is 19.3 Å². The van der Waals surface area contributed by atoms with E-state index in [0.29, 0.717) is 0 Å². The van der Waals surface area contributed by atoms with Crippen molar-refractivity contribution in [1.82, 2.24) is 5.32 Å². The standard InChI is InChI=1S/C10H15N/c1-2-3-6-11-10-5-4-8-7-9(8)10/h8-11H,4-7H2,1H3/t8-,9+,10?/m1/s1. The van der Waals surface area contributed by atoms with Crippen molar-refractivity contribution in [3.63, 3.8) is 0 Å². The fourth-order valence-electron chi connectivity index (χ4n) is 2.23. The summed E-state index contributed by atoms with van der Waals surface area (Å²) in [6.45, 7) is 2.79. The second-order valence-electron chi connectivity index (χ2n) is 3.65. The van der Waals surface area contributed by atoms with E-state index in [9.17, 15) is 0 Å². The molecule has 2 aliphatic carbocycles. The maximum absolute atomic E-state index is 3.50. The predicted octanol–water partition coefficient (Wildman–Crippen LogP) is 1.40. The van der Waals surface area contributed by atoms with Crippen LogP contribution in [0.15, 0.2) is 0 Å². The fraction of sp³-hybridized carbons (Fsp3) is 0.800. The Kier molecular flexibility index (Phi) is 1.87. The van der Waals surface area contributed by atoms with Crippen molar-refractivity contribution in [2.75, 3.05) is 6.54 Å². The minimum Gasteiger partial charge on any atom is -0.303 e. The van der Waals surface area contributed by atoms with Crippen molar-refractivity contribution in [1.29, 1.82) is 0 Å². The third kappa shape index (κ3) is 1.41. The van der Waals surface area contributed by atoms with Crippen molar-refractivity contribution in [2.45, 2.75) is 32.2 Å². The van der Waals surface area contributed by atoms with Gasteiger partial charge in [-0.15, -0.1) is 5.92 Å². The smallest absolute Gasteiger partial charge is 0.0578 e. The Morgan fingerprint density at radius 3 is 2.91 bits per heavy atom. The van der Waals surface area contributed by atoms with Gasteiger partial charge in [0, 0.05) is 6.04 Å². The van der Waals surface area contributed by atoms with Crippen molar-refractivity contribution in [2.24, 2.45) is 11.8 Å². The van der Waals surface area contributed by atoms with Crippen LogP contribution in [0.2, 0.25) is 0 Å². The molecule has 0 aromatic heterocycles. The van der Waals surface area contributed by atoms with Crippen LogP contribution in [-0.2, 0) is 0 Å². The molecule has 0 radical (unpaired) electrons. The second kappa shape index (κ2) is 2.87. The number of hydrogen-bond acceptors (Lipinski definition) is 1. The van der Waals surface area contributed by atoms with Crippen LogP contribution in [0.1, 0.15) is 26.2 Å². The molecule has 1 N–H and O–H groups in total. The Morgan fingerprint density at radius 1 is 1.45 bits per heavy atom. The van der Waals surface area contributed by atoms with Gasteiger partial charge in [-0.05, 0) is 38.0 Å². The Balaban J connectivity index is 1.73. The molecule has 1 nitrogen and oxygen atoms in total. The molecule has 60 valence electrons. The number of hydrogen-bond donors (Lipinski definition) is 1. The van der Waals surface area contributed by atoms with Crippen LogP contribution in [-0.4, -0.2) is 12.6 Å². The molecule has 0 amide bonds. The van der Waals surface area contributed by atoms with Crippen LogP contribution in [0.25, 0.3) is 0 Å². The van der Waals surface area contributed by atoms with Gasteiger partial charge in [0.25, 0.3) is 0 Å². The Labute approximate surface area is 68.6 Å². The lowest BCUT2D eigenvalue weighted by atomic mass is 10.2. The van der Waals surface area contributed by atoms with E-state index < -0.39 is 0 Å². The van der Waals surface area contributed by atoms with Crippen molar-refractivity contribution < 1.29 is 0 Å². The van der Waals surface area contributed by atoms with Crippen LogP contribution >= 0.6 is 0 Å². The summed E-state index contributed by atoms with van der Waals surface area (Å²) >= 11 is 0. The Bertz CT molecular complexity index is 199. The molecule has 2 saturated carbocycles. The topological polar surface area (TPSA) is 12.0 Å². The van der Waals surface area contributed by atoms with E-state index in [2.05, 4.69) is 17.2 Å².